The standard InChI is InChI=1S/C12H17N5O/c13-16-11-6-14-5-10(15-11)12(18)17(9-3-4-9)7-8-1-2-8/h5-6,8-9H,1-4,7,13H2,(H,15,16). The summed E-state index contributed by atoms with van der Waals surface area (Å²) < 4.78 is 0. The molecule has 0 bridgehead atoms. The lowest BCUT2D eigenvalue weighted by Gasteiger charge is -2.21. The van der Waals surface area contributed by atoms with Gasteiger partial charge in [-0.25, -0.2) is 10.8 Å². The van der Waals surface area contributed by atoms with Crippen molar-refractivity contribution in [2.75, 3.05) is 12.0 Å². The second kappa shape index (κ2) is 4.53. The van der Waals surface area contributed by atoms with E-state index in [1.807, 2.05) is 4.90 Å². The molecule has 6 heteroatoms. The van der Waals surface area contributed by atoms with Crippen molar-refractivity contribution in [1.82, 2.24) is 14.9 Å². The molecule has 2 saturated carbocycles. The molecule has 0 saturated heterocycles. The van der Waals surface area contributed by atoms with Crippen LogP contribution >= 0.6 is 0 Å². The number of hydrazine groups is 1. The number of carbonyl (C=O) groups excluding carboxylic acids is 1. The molecule has 2 aliphatic rings. The first-order valence-electron chi connectivity index (χ1n) is 6.37. The third-order valence-corrected chi connectivity index (χ3v) is 3.40. The Morgan fingerprint density at radius 1 is 1.39 bits per heavy atom. The van der Waals surface area contributed by atoms with Crippen molar-refractivity contribution in [3.63, 3.8) is 0 Å². The minimum atomic E-state index is -0.0194. The third-order valence-electron chi connectivity index (χ3n) is 3.40. The molecule has 0 radical (unpaired) electrons. The fraction of sp³-hybridized carbons (Fsp3) is 0.583. The Labute approximate surface area is 106 Å². The third kappa shape index (κ3) is 2.43. The molecule has 3 rings (SSSR count). The van der Waals surface area contributed by atoms with Crippen molar-refractivity contribution in [2.45, 2.75) is 31.7 Å². The van der Waals surface area contributed by atoms with E-state index < -0.39 is 0 Å². The van der Waals surface area contributed by atoms with Gasteiger partial charge in [-0.1, -0.05) is 0 Å². The molecule has 0 aliphatic heterocycles. The van der Waals surface area contributed by atoms with Crippen LogP contribution < -0.4 is 11.3 Å². The Balaban J connectivity index is 1.77. The first-order chi connectivity index (χ1) is 8.78. The number of anilines is 1. The number of nitrogen functional groups attached to an aromatic ring is 1. The van der Waals surface area contributed by atoms with Crippen molar-refractivity contribution < 1.29 is 4.79 Å². The number of hydrogen-bond donors (Lipinski definition) is 2. The molecule has 0 unspecified atom stereocenters. The minimum Gasteiger partial charge on any atom is -0.334 e. The summed E-state index contributed by atoms with van der Waals surface area (Å²) >= 11 is 0. The smallest absolute Gasteiger partial charge is 0.274 e. The van der Waals surface area contributed by atoms with E-state index in [4.69, 9.17) is 5.84 Å². The van der Waals surface area contributed by atoms with Crippen molar-refractivity contribution in [1.29, 1.82) is 0 Å². The van der Waals surface area contributed by atoms with E-state index in [1.165, 1.54) is 25.2 Å². The monoisotopic (exact) mass is 247 g/mol. The molecule has 1 aromatic rings. The van der Waals surface area contributed by atoms with Crippen molar-refractivity contribution >= 4 is 11.7 Å². The predicted molar refractivity (Wildman–Crippen MR) is 66.6 cm³/mol. The molecule has 6 nitrogen and oxygen atoms in total. The molecule has 0 aromatic carbocycles. The number of nitrogens with one attached hydrogen (secondary N) is 1. The van der Waals surface area contributed by atoms with Crippen molar-refractivity contribution in [2.24, 2.45) is 11.8 Å². The molecule has 1 amide bonds. The summed E-state index contributed by atoms with van der Waals surface area (Å²) in [4.78, 5) is 22.5. The molecule has 1 heterocycles. The Kier molecular flexibility index (Phi) is 2.87. The van der Waals surface area contributed by atoms with Crippen LogP contribution in [0, 0.1) is 5.92 Å². The highest BCUT2D eigenvalue weighted by Gasteiger charge is 2.37. The van der Waals surface area contributed by atoms with Gasteiger partial charge in [0.15, 0.2) is 5.82 Å². The fourth-order valence-electron chi connectivity index (χ4n) is 2.05. The van der Waals surface area contributed by atoms with Crippen LogP contribution in [0.25, 0.3) is 0 Å². The van der Waals surface area contributed by atoms with Gasteiger partial charge in [-0.05, 0) is 31.6 Å². The van der Waals surface area contributed by atoms with Crippen LogP contribution in [-0.2, 0) is 0 Å². The lowest BCUT2D eigenvalue weighted by Crippen LogP contribution is -2.35. The molecular weight excluding hydrogens is 230 g/mol. The summed E-state index contributed by atoms with van der Waals surface area (Å²) in [5.74, 6) is 6.37. The molecule has 18 heavy (non-hydrogen) atoms. The van der Waals surface area contributed by atoms with Crippen LogP contribution in [0.2, 0.25) is 0 Å². The quantitative estimate of drug-likeness (QED) is 0.593. The molecule has 3 N–H and O–H groups in total. The summed E-state index contributed by atoms with van der Waals surface area (Å²) in [5, 5.41) is 0. The van der Waals surface area contributed by atoms with Crippen LogP contribution in [0.1, 0.15) is 36.2 Å². The lowest BCUT2D eigenvalue weighted by molar-refractivity contribution is 0.0728. The Morgan fingerprint density at radius 2 is 2.17 bits per heavy atom. The normalized spacial score (nSPS) is 18.5. The van der Waals surface area contributed by atoms with Gasteiger partial charge >= 0.3 is 0 Å². The SMILES string of the molecule is NNc1cncc(C(=O)N(CC2CC2)C2CC2)n1. The summed E-state index contributed by atoms with van der Waals surface area (Å²) in [6.07, 6.45) is 7.71. The molecular formula is C12H17N5O. The molecule has 2 aliphatic carbocycles. The van der Waals surface area contributed by atoms with Gasteiger partial charge in [-0.3, -0.25) is 9.78 Å². The average Bonchev–Trinajstić information content (AvgIpc) is 3.28. The van der Waals surface area contributed by atoms with Gasteiger partial charge < -0.3 is 10.3 Å². The average molecular weight is 247 g/mol. The minimum absolute atomic E-state index is 0.0194. The first kappa shape index (κ1) is 11.4. The Bertz CT molecular complexity index is 456. The summed E-state index contributed by atoms with van der Waals surface area (Å²) in [6.45, 7) is 0.867. The van der Waals surface area contributed by atoms with E-state index >= 15 is 0 Å². The van der Waals surface area contributed by atoms with Gasteiger partial charge in [0.05, 0.1) is 12.4 Å². The predicted octanol–water partition coefficient (Wildman–Crippen LogP) is 0.777. The molecule has 0 spiro atoms. The number of amides is 1. The van der Waals surface area contributed by atoms with Gasteiger partial charge in [0.1, 0.15) is 5.69 Å². The Morgan fingerprint density at radius 3 is 2.78 bits per heavy atom. The topological polar surface area (TPSA) is 84.1 Å². The fourth-order valence-corrected chi connectivity index (χ4v) is 2.05. The van der Waals surface area contributed by atoms with Gasteiger partial charge in [0, 0.05) is 12.6 Å². The zero-order valence-corrected chi connectivity index (χ0v) is 10.2. The molecule has 1 aromatic heterocycles. The van der Waals surface area contributed by atoms with Crippen molar-refractivity contribution in [3.05, 3.63) is 18.1 Å². The first-order valence-corrected chi connectivity index (χ1v) is 6.37. The number of nitrogens with two attached hydrogens (primary N) is 1. The summed E-state index contributed by atoms with van der Waals surface area (Å²) in [5.41, 5.74) is 2.79. The Hall–Kier alpha value is -1.69. The number of hydrogen-bond acceptors (Lipinski definition) is 5. The lowest BCUT2D eigenvalue weighted by atomic mass is 10.3. The second-order valence-electron chi connectivity index (χ2n) is 5.07. The molecule has 2 fully saturated rings. The van der Waals surface area contributed by atoms with E-state index in [2.05, 4.69) is 15.4 Å². The van der Waals surface area contributed by atoms with E-state index in [0.29, 0.717) is 23.5 Å². The van der Waals surface area contributed by atoms with Crippen LogP contribution in [-0.4, -0.2) is 33.4 Å². The summed E-state index contributed by atoms with van der Waals surface area (Å²) in [7, 11) is 0. The van der Waals surface area contributed by atoms with Crippen LogP contribution in [0.4, 0.5) is 5.82 Å². The maximum atomic E-state index is 12.4. The highest BCUT2D eigenvalue weighted by Crippen LogP contribution is 2.35. The van der Waals surface area contributed by atoms with Crippen molar-refractivity contribution in [3.8, 4) is 0 Å². The highest BCUT2D eigenvalue weighted by molar-refractivity contribution is 5.92. The van der Waals surface area contributed by atoms with Gasteiger partial charge in [0.2, 0.25) is 0 Å². The van der Waals surface area contributed by atoms with Gasteiger partial charge in [-0.2, -0.15) is 0 Å². The van der Waals surface area contributed by atoms with E-state index in [-0.39, 0.29) is 5.91 Å². The summed E-state index contributed by atoms with van der Waals surface area (Å²) in [6, 6.07) is 0.411. The highest BCUT2D eigenvalue weighted by atomic mass is 16.2. The molecule has 96 valence electrons. The largest absolute Gasteiger partial charge is 0.334 e. The zero-order chi connectivity index (χ0) is 12.5. The van der Waals surface area contributed by atoms with Gasteiger partial charge in [-0.15, -0.1) is 0 Å². The zero-order valence-electron chi connectivity index (χ0n) is 10.2. The molecule has 0 atom stereocenters. The van der Waals surface area contributed by atoms with E-state index in [1.54, 1.807) is 0 Å². The van der Waals surface area contributed by atoms with Crippen LogP contribution in [0.3, 0.4) is 0 Å². The van der Waals surface area contributed by atoms with E-state index in [9.17, 15) is 4.79 Å². The maximum absolute atomic E-state index is 12.4. The second-order valence-corrected chi connectivity index (χ2v) is 5.07. The maximum Gasteiger partial charge on any atom is 0.274 e. The number of aromatic nitrogens is 2. The number of nitrogens with zero attached hydrogens (tertiary/aromatic N) is 3. The van der Waals surface area contributed by atoms with E-state index in [0.717, 1.165) is 19.4 Å². The van der Waals surface area contributed by atoms with Crippen LogP contribution in [0.15, 0.2) is 12.4 Å². The number of rotatable bonds is 5. The van der Waals surface area contributed by atoms with Gasteiger partial charge in [0.25, 0.3) is 5.91 Å². The number of carbonyl (C=O) groups is 1. The van der Waals surface area contributed by atoms with Crippen LogP contribution in [0.5, 0.6) is 0 Å².